The van der Waals surface area contributed by atoms with Gasteiger partial charge in [-0.2, -0.15) is 0 Å². The second-order valence-corrected chi connectivity index (χ2v) is 6.24. The third kappa shape index (κ3) is 3.99. The Morgan fingerprint density at radius 2 is 1.92 bits per heavy atom. The lowest BCUT2D eigenvalue weighted by molar-refractivity contribution is -0.116. The van der Waals surface area contributed by atoms with Gasteiger partial charge in [-0.15, -0.1) is 0 Å². The summed E-state index contributed by atoms with van der Waals surface area (Å²) in [4.78, 5) is 24.2. The van der Waals surface area contributed by atoms with Crippen molar-refractivity contribution in [3.8, 4) is 5.75 Å². The third-order valence-electron chi connectivity index (χ3n) is 4.45. The van der Waals surface area contributed by atoms with Crippen molar-refractivity contribution in [2.24, 2.45) is 0 Å². The third-order valence-corrected chi connectivity index (χ3v) is 4.45. The van der Waals surface area contributed by atoms with Crippen LogP contribution in [-0.2, 0) is 11.2 Å². The van der Waals surface area contributed by atoms with E-state index in [0.717, 1.165) is 35.4 Å². The standard InChI is InChI=1S/C20H22N2O3/c1-13(14-6-9-17(25-2)10-7-14)21-20(24)16-8-11-18-15(12-16)4-3-5-19(23)22-18/h6-13H,3-5H2,1-2H3,(H,21,24)(H,22,23). The van der Waals surface area contributed by atoms with Gasteiger partial charge < -0.3 is 15.4 Å². The molecule has 0 saturated heterocycles. The van der Waals surface area contributed by atoms with Crippen molar-refractivity contribution < 1.29 is 14.3 Å². The summed E-state index contributed by atoms with van der Waals surface area (Å²) in [6.45, 7) is 1.95. The van der Waals surface area contributed by atoms with Gasteiger partial charge in [0, 0.05) is 17.7 Å². The number of ether oxygens (including phenoxy) is 1. The van der Waals surface area contributed by atoms with E-state index in [9.17, 15) is 9.59 Å². The molecule has 2 N–H and O–H groups in total. The minimum atomic E-state index is -0.123. The Balaban J connectivity index is 1.72. The summed E-state index contributed by atoms with van der Waals surface area (Å²) in [6, 6.07) is 13.0. The number of aryl methyl sites for hydroxylation is 1. The molecule has 0 radical (unpaired) electrons. The molecule has 1 aliphatic heterocycles. The molecular weight excluding hydrogens is 316 g/mol. The van der Waals surface area contributed by atoms with Crippen LogP contribution in [0.1, 0.15) is 47.3 Å². The first kappa shape index (κ1) is 17.0. The summed E-state index contributed by atoms with van der Waals surface area (Å²) in [5.74, 6) is 0.695. The number of hydrogen-bond acceptors (Lipinski definition) is 3. The van der Waals surface area contributed by atoms with Gasteiger partial charge in [-0.3, -0.25) is 9.59 Å². The van der Waals surface area contributed by atoms with E-state index in [-0.39, 0.29) is 17.9 Å². The second-order valence-electron chi connectivity index (χ2n) is 6.24. The number of anilines is 1. The van der Waals surface area contributed by atoms with E-state index in [0.29, 0.717) is 12.0 Å². The van der Waals surface area contributed by atoms with Gasteiger partial charge in [-0.25, -0.2) is 0 Å². The van der Waals surface area contributed by atoms with Crippen LogP contribution in [0.25, 0.3) is 0 Å². The predicted molar refractivity (Wildman–Crippen MR) is 96.9 cm³/mol. The van der Waals surface area contributed by atoms with Crippen LogP contribution in [0.2, 0.25) is 0 Å². The lowest BCUT2D eigenvalue weighted by Gasteiger charge is -2.16. The molecule has 130 valence electrons. The summed E-state index contributed by atoms with van der Waals surface area (Å²) in [6.07, 6.45) is 2.11. The molecule has 5 nitrogen and oxygen atoms in total. The smallest absolute Gasteiger partial charge is 0.251 e. The molecule has 2 aromatic carbocycles. The molecule has 1 aliphatic rings. The highest BCUT2D eigenvalue weighted by molar-refractivity contribution is 5.97. The van der Waals surface area contributed by atoms with E-state index in [2.05, 4.69) is 10.6 Å². The maximum Gasteiger partial charge on any atom is 0.251 e. The summed E-state index contributed by atoms with van der Waals surface area (Å²) in [5, 5.41) is 5.90. The minimum absolute atomic E-state index is 0.0316. The highest BCUT2D eigenvalue weighted by atomic mass is 16.5. The van der Waals surface area contributed by atoms with Crippen LogP contribution in [0.5, 0.6) is 5.75 Å². The lowest BCUT2D eigenvalue weighted by atomic mass is 10.0. The topological polar surface area (TPSA) is 67.4 Å². The maximum atomic E-state index is 12.6. The number of methoxy groups -OCH3 is 1. The average molecular weight is 338 g/mol. The van der Waals surface area contributed by atoms with Crippen molar-refractivity contribution in [2.75, 3.05) is 12.4 Å². The molecule has 1 unspecified atom stereocenters. The number of hydrogen-bond donors (Lipinski definition) is 2. The van der Waals surface area contributed by atoms with E-state index in [1.165, 1.54) is 0 Å². The van der Waals surface area contributed by atoms with E-state index in [1.807, 2.05) is 43.3 Å². The fraction of sp³-hybridized carbons (Fsp3) is 0.300. The lowest BCUT2D eigenvalue weighted by Crippen LogP contribution is -2.26. The van der Waals surface area contributed by atoms with Gasteiger partial charge in [-0.1, -0.05) is 12.1 Å². The Bertz CT molecular complexity index is 784. The van der Waals surface area contributed by atoms with E-state index < -0.39 is 0 Å². The number of rotatable bonds is 4. The maximum absolute atomic E-state index is 12.6. The second kappa shape index (κ2) is 7.38. The fourth-order valence-corrected chi connectivity index (χ4v) is 2.97. The summed E-state index contributed by atoms with van der Waals surface area (Å²) in [7, 11) is 1.63. The molecule has 0 saturated carbocycles. The Morgan fingerprint density at radius 3 is 2.64 bits per heavy atom. The quantitative estimate of drug-likeness (QED) is 0.897. The number of carbonyl (C=O) groups excluding carboxylic acids is 2. The van der Waals surface area contributed by atoms with Crippen molar-refractivity contribution in [3.05, 3.63) is 59.2 Å². The van der Waals surface area contributed by atoms with Crippen LogP contribution in [0.4, 0.5) is 5.69 Å². The molecule has 1 atom stereocenters. The van der Waals surface area contributed by atoms with Crippen LogP contribution in [0.3, 0.4) is 0 Å². The highest BCUT2D eigenvalue weighted by Crippen LogP contribution is 2.24. The first-order valence-corrected chi connectivity index (χ1v) is 8.44. The molecule has 0 fully saturated rings. The van der Waals surface area contributed by atoms with Crippen molar-refractivity contribution in [1.82, 2.24) is 5.32 Å². The normalized spacial score (nSPS) is 14.7. The van der Waals surface area contributed by atoms with Gasteiger partial charge in [0.15, 0.2) is 0 Å². The molecule has 5 heteroatoms. The molecule has 3 rings (SSSR count). The molecule has 0 aromatic heterocycles. The number of benzene rings is 2. The molecule has 2 aromatic rings. The summed E-state index contributed by atoms with van der Waals surface area (Å²) < 4.78 is 5.15. The SMILES string of the molecule is COc1ccc(C(C)NC(=O)c2ccc3c(c2)CCCC(=O)N3)cc1. The van der Waals surface area contributed by atoms with E-state index in [1.54, 1.807) is 13.2 Å². The van der Waals surface area contributed by atoms with Crippen molar-refractivity contribution >= 4 is 17.5 Å². The number of nitrogens with one attached hydrogen (secondary N) is 2. The van der Waals surface area contributed by atoms with Gasteiger partial charge >= 0.3 is 0 Å². The zero-order chi connectivity index (χ0) is 17.8. The van der Waals surface area contributed by atoms with Crippen LogP contribution in [0.15, 0.2) is 42.5 Å². The predicted octanol–water partition coefficient (Wildman–Crippen LogP) is 3.46. The van der Waals surface area contributed by atoms with Crippen molar-refractivity contribution in [1.29, 1.82) is 0 Å². The Labute approximate surface area is 147 Å². The van der Waals surface area contributed by atoms with Crippen LogP contribution < -0.4 is 15.4 Å². The molecule has 0 spiro atoms. The van der Waals surface area contributed by atoms with Crippen molar-refractivity contribution in [2.45, 2.75) is 32.2 Å². The van der Waals surface area contributed by atoms with Gasteiger partial charge in [-0.05, 0) is 61.2 Å². The van der Waals surface area contributed by atoms with E-state index >= 15 is 0 Å². The minimum Gasteiger partial charge on any atom is -0.497 e. The van der Waals surface area contributed by atoms with Gasteiger partial charge in [0.1, 0.15) is 5.75 Å². The number of carbonyl (C=O) groups is 2. The Kier molecular flexibility index (Phi) is 5.03. The van der Waals surface area contributed by atoms with Crippen molar-refractivity contribution in [3.63, 3.8) is 0 Å². The molecule has 1 heterocycles. The first-order chi connectivity index (χ1) is 12.1. The van der Waals surface area contributed by atoms with Gasteiger partial charge in [0.2, 0.25) is 5.91 Å². The monoisotopic (exact) mass is 338 g/mol. The summed E-state index contributed by atoms with van der Waals surface area (Å²) >= 11 is 0. The summed E-state index contributed by atoms with van der Waals surface area (Å²) in [5.41, 5.74) is 3.43. The fourth-order valence-electron chi connectivity index (χ4n) is 2.97. The van der Waals surface area contributed by atoms with Crippen LogP contribution >= 0.6 is 0 Å². The zero-order valence-corrected chi connectivity index (χ0v) is 14.5. The molecule has 2 amide bonds. The largest absolute Gasteiger partial charge is 0.497 e. The van der Waals surface area contributed by atoms with E-state index in [4.69, 9.17) is 4.74 Å². The van der Waals surface area contributed by atoms with Gasteiger partial charge in [0.05, 0.1) is 13.2 Å². The Hall–Kier alpha value is -2.82. The molecular formula is C20H22N2O3. The molecule has 0 aliphatic carbocycles. The van der Waals surface area contributed by atoms with Crippen LogP contribution in [-0.4, -0.2) is 18.9 Å². The average Bonchev–Trinajstić information content (AvgIpc) is 2.81. The first-order valence-electron chi connectivity index (χ1n) is 8.44. The van der Waals surface area contributed by atoms with Crippen LogP contribution in [0, 0.1) is 0 Å². The number of fused-ring (bicyclic) bond motifs is 1. The number of amides is 2. The van der Waals surface area contributed by atoms with Gasteiger partial charge in [0.25, 0.3) is 5.91 Å². The Morgan fingerprint density at radius 1 is 1.16 bits per heavy atom. The molecule has 0 bridgehead atoms. The molecule has 25 heavy (non-hydrogen) atoms. The highest BCUT2D eigenvalue weighted by Gasteiger charge is 2.16. The zero-order valence-electron chi connectivity index (χ0n) is 14.5.